The fourth-order valence-corrected chi connectivity index (χ4v) is 18.1. The fraction of sp³-hybridized carbons (Fsp3) is 0.248. The number of hydrogen-bond acceptors (Lipinski definition) is 6. The lowest BCUT2D eigenvalue weighted by molar-refractivity contribution is 0.125. The Kier molecular flexibility index (Phi) is 18.3. The number of rotatable bonds is 20. The first-order valence-electron chi connectivity index (χ1n) is 39.1. The molecule has 0 aromatic heterocycles. The van der Waals surface area contributed by atoms with Gasteiger partial charge >= 0.3 is 0 Å². The van der Waals surface area contributed by atoms with E-state index in [1.165, 1.54) is 175 Å². The fourth-order valence-electron chi connectivity index (χ4n) is 18.1. The molecule has 16 aromatic rings. The highest BCUT2D eigenvalue weighted by atomic mass is 16.7. The smallest absolute Gasteiger partial charge is 0.230 e. The summed E-state index contributed by atoms with van der Waals surface area (Å²) in [7, 11) is 0. The van der Waals surface area contributed by atoms with Crippen molar-refractivity contribution in [1.29, 1.82) is 0 Å². The standard InChI is InChI=1S/C101H94O6/c1-13-17-37-102-70-41-58(5)94(59(6)42-70)88-53-66-51-86-68(49-84(66)74-25-21-23-27-76(74)88)55-90(96-62(9)45-72(46-63(96)10)104-39-19-15-3)98-78-33-35-92-100(80(78)29-31-82(86)98)101-81-30-32-83-87-52-67-54-89(95-60(7)43-71(44-61(95)8)103-38-18-14-2)77-28-24-22-26-75(77)85(67)50-69(87)56-91(99(83)79(81)34-36-93(101)107-57-106-92)97-64(11)47-73(48-65(97)12)105-40-20-16-4/h21-36,41-56H,13-20,37-40,57H2,1-12H3. The van der Waals surface area contributed by atoms with Gasteiger partial charge in [0.05, 0.1) is 26.4 Å². The summed E-state index contributed by atoms with van der Waals surface area (Å²) < 4.78 is 39.3. The Hall–Kier alpha value is -11.1. The summed E-state index contributed by atoms with van der Waals surface area (Å²) in [6, 6.07) is 74.1. The second-order valence-corrected chi connectivity index (χ2v) is 30.4. The summed E-state index contributed by atoms with van der Waals surface area (Å²) in [4.78, 5) is 0. The lowest BCUT2D eigenvalue weighted by atomic mass is 9.82. The predicted octanol–water partition coefficient (Wildman–Crippen LogP) is 28.5. The molecule has 0 unspecified atom stereocenters. The van der Waals surface area contributed by atoms with Crippen LogP contribution in [-0.4, -0.2) is 33.2 Å². The van der Waals surface area contributed by atoms with E-state index in [4.69, 9.17) is 28.4 Å². The molecule has 1 heterocycles. The Morgan fingerprint density at radius 3 is 0.804 bits per heavy atom. The van der Waals surface area contributed by atoms with Gasteiger partial charge in [-0.1, -0.05) is 138 Å². The second kappa shape index (κ2) is 28.3. The number of ether oxygens (including phenoxy) is 6. The third-order valence-electron chi connectivity index (χ3n) is 22.9. The van der Waals surface area contributed by atoms with Crippen LogP contribution in [0, 0.1) is 55.4 Å². The van der Waals surface area contributed by atoms with Gasteiger partial charge in [-0.2, -0.15) is 0 Å². The molecule has 0 fully saturated rings. The molecule has 6 nitrogen and oxygen atoms in total. The molecule has 6 heteroatoms. The van der Waals surface area contributed by atoms with Gasteiger partial charge in [-0.05, 0) is 387 Å². The van der Waals surface area contributed by atoms with E-state index >= 15 is 0 Å². The first kappa shape index (κ1) is 69.0. The summed E-state index contributed by atoms with van der Waals surface area (Å²) >= 11 is 0. The molecule has 0 amide bonds. The van der Waals surface area contributed by atoms with Gasteiger partial charge in [0.25, 0.3) is 0 Å². The molecule has 1 aliphatic heterocycles. The zero-order chi connectivity index (χ0) is 73.5. The number of unbranched alkanes of at least 4 members (excludes halogenated alkanes) is 4. The van der Waals surface area contributed by atoms with Crippen molar-refractivity contribution in [3.63, 3.8) is 0 Å². The third kappa shape index (κ3) is 12.0. The third-order valence-corrected chi connectivity index (χ3v) is 22.9. The van der Waals surface area contributed by atoms with Gasteiger partial charge in [-0.15, -0.1) is 0 Å². The SMILES string of the molecule is CCCCOc1cc(C)c(-c2cc3cc4c(cc(-c5c(C)cc(OCCCC)cc5C)c5c6ccc7c(c6ccc45)-c4c(ccc5c4ccc4c6cc8cc(-c9c(C)cc(OCCCC)cc9C)c9ccccc9c8cc6cc(-c6c(C)cc(OCCCC)cc6C)c54)OCO7)cc3c3ccccc23)c(C)c1. The highest BCUT2D eigenvalue weighted by Crippen LogP contribution is 2.54. The van der Waals surface area contributed by atoms with Gasteiger partial charge in [0, 0.05) is 11.1 Å². The first-order chi connectivity index (χ1) is 52.2. The minimum atomic E-state index is 0.0689. The Morgan fingerprint density at radius 1 is 0.243 bits per heavy atom. The van der Waals surface area contributed by atoms with Gasteiger partial charge in [-0.25, -0.2) is 0 Å². The van der Waals surface area contributed by atoms with Crippen molar-refractivity contribution in [2.45, 2.75) is 134 Å². The molecule has 0 radical (unpaired) electrons. The van der Waals surface area contributed by atoms with Crippen molar-refractivity contribution in [1.82, 2.24) is 0 Å². The lowest BCUT2D eigenvalue weighted by Crippen LogP contribution is -2.03. The highest BCUT2D eigenvalue weighted by Gasteiger charge is 2.28. The van der Waals surface area contributed by atoms with Crippen molar-refractivity contribution in [3.05, 3.63) is 239 Å². The van der Waals surface area contributed by atoms with Crippen LogP contribution in [-0.2, 0) is 0 Å². The molecule has 0 N–H and O–H groups in total. The molecular formula is C101H94O6. The molecule has 16 aromatic carbocycles. The van der Waals surface area contributed by atoms with Crippen LogP contribution in [0.1, 0.15) is 124 Å². The Morgan fingerprint density at radius 2 is 0.495 bits per heavy atom. The van der Waals surface area contributed by atoms with Gasteiger partial charge in [0.1, 0.15) is 34.5 Å². The van der Waals surface area contributed by atoms with E-state index in [9.17, 15) is 0 Å². The normalized spacial score (nSPS) is 12.3. The monoisotopic (exact) mass is 1400 g/mol. The number of hydrogen-bond donors (Lipinski definition) is 0. The van der Waals surface area contributed by atoms with E-state index in [1.807, 2.05) is 0 Å². The van der Waals surface area contributed by atoms with E-state index < -0.39 is 0 Å². The van der Waals surface area contributed by atoms with E-state index in [1.54, 1.807) is 0 Å². The number of fused-ring (bicyclic) bond motifs is 21. The quantitative estimate of drug-likeness (QED) is 0.0431. The predicted molar refractivity (Wildman–Crippen MR) is 454 cm³/mol. The van der Waals surface area contributed by atoms with Crippen molar-refractivity contribution >= 4 is 108 Å². The highest BCUT2D eigenvalue weighted by molar-refractivity contribution is 6.31. The van der Waals surface area contributed by atoms with Gasteiger partial charge < -0.3 is 28.4 Å². The number of benzene rings is 16. The van der Waals surface area contributed by atoms with Crippen molar-refractivity contribution in [2.24, 2.45) is 0 Å². The largest absolute Gasteiger partial charge is 0.494 e. The molecule has 0 bridgehead atoms. The topological polar surface area (TPSA) is 55.4 Å². The van der Waals surface area contributed by atoms with Crippen LogP contribution in [0.3, 0.4) is 0 Å². The van der Waals surface area contributed by atoms with E-state index in [-0.39, 0.29) is 6.79 Å². The average molecular weight is 1400 g/mol. The van der Waals surface area contributed by atoms with Gasteiger partial charge in [0.15, 0.2) is 0 Å². The first-order valence-corrected chi connectivity index (χ1v) is 39.1. The van der Waals surface area contributed by atoms with Crippen LogP contribution in [0.5, 0.6) is 34.5 Å². The molecule has 0 saturated carbocycles. The lowest BCUT2D eigenvalue weighted by Gasteiger charge is -2.22. The molecule has 1 aliphatic rings. The summed E-state index contributed by atoms with van der Waals surface area (Å²) in [5, 5.41) is 23.8. The molecular weight excluding hydrogens is 1310 g/mol. The summed E-state index contributed by atoms with van der Waals surface area (Å²) in [6.45, 7) is 29.7. The molecule has 534 valence electrons. The van der Waals surface area contributed by atoms with Crippen LogP contribution in [0.15, 0.2) is 194 Å². The molecule has 107 heavy (non-hydrogen) atoms. The van der Waals surface area contributed by atoms with Crippen LogP contribution >= 0.6 is 0 Å². The zero-order valence-corrected chi connectivity index (χ0v) is 64.1. The van der Waals surface area contributed by atoms with Crippen molar-refractivity contribution in [3.8, 4) is 90.1 Å². The van der Waals surface area contributed by atoms with Gasteiger partial charge in [0.2, 0.25) is 6.79 Å². The Labute approximate surface area is 628 Å². The second-order valence-electron chi connectivity index (χ2n) is 30.4. The molecule has 0 saturated heterocycles. The maximum Gasteiger partial charge on any atom is 0.230 e. The maximum absolute atomic E-state index is 6.86. The van der Waals surface area contributed by atoms with E-state index in [0.29, 0.717) is 26.4 Å². The zero-order valence-electron chi connectivity index (χ0n) is 64.1. The molecule has 0 atom stereocenters. The Balaban J connectivity index is 0.923. The van der Waals surface area contributed by atoms with Crippen molar-refractivity contribution in [2.75, 3.05) is 33.2 Å². The molecule has 17 rings (SSSR count). The summed E-state index contributed by atoms with van der Waals surface area (Å²) in [6.07, 6.45) is 8.38. The minimum absolute atomic E-state index is 0.0689. The van der Waals surface area contributed by atoms with Crippen LogP contribution in [0.25, 0.3) is 163 Å². The maximum atomic E-state index is 6.86. The minimum Gasteiger partial charge on any atom is -0.494 e. The van der Waals surface area contributed by atoms with Crippen LogP contribution < -0.4 is 28.4 Å². The van der Waals surface area contributed by atoms with Crippen molar-refractivity contribution < 1.29 is 28.4 Å². The summed E-state index contributed by atoms with van der Waals surface area (Å²) in [5.41, 5.74) is 21.3. The number of aryl methyl sites for hydroxylation is 8. The molecule has 0 spiro atoms. The Bertz CT molecular complexity index is 5850. The average Bonchev–Trinajstić information content (AvgIpc) is 1.36. The van der Waals surface area contributed by atoms with E-state index in [2.05, 4.69) is 277 Å². The van der Waals surface area contributed by atoms with Crippen LogP contribution in [0.4, 0.5) is 0 Å². The molecule has 0 aliphatic carbocycles. The summed E-state index contributed by atoms with van der Waals surface area (Å²) in [5.74, 6) is 5.24. The van der Waals surface area contributed by atoms with E-state index in [0.717, 1.165) is 119 Å². The van der Waals surface area contributed by atoms with Crippen LogP contribution in [0.2, 0.25) is 0 Å². The van der Waals surface area contributed by atoms with Gasteiger partial charge in [-0.3, -0.25) is 0 Å².